The molecule has 3 aliphatic rings. The molecule has 2 unspecified atom stereocenters. The van der Waals surface area contributed by atoms with Crippen LogP contribution in [0.25, 0.3) is 0 Å². The summed E-state index contributed by atoms with van der Waals surface area (Å²) in [4.78, 5) is 27.5. The molecule has 2 N–H and O–H groups in total. The molecule has 2 bridgehead atoms. The largest absolute Gasteiger partial charge is 1.00 e. The number of ether oxygens (including phenoxy) is 2. The average Bonchev–Trinajstić information content (AvgIpc) is 3.44. The van der Waals surface area contributed by atoms with Crippen LogP contribution < -0.4 is 18.1 Å². The van der Waals surface area contributed by atoms with Crippen LogP contribution in [0.15, 0.2) is 60.7 Å². The fourth-order valence-electron chi connectivity index (χ4n) is 6.94. The summed E-state index contributed by atoms with van der Waals surface area (Å²) in [5.74, 6) is -1.28. The van der Waals surface area contributed by atoms with Gasteiger partial charge in [-0.3, -0.25) is 4.79 Å². The van der Waals surface area contributed by atoms with E-state index in [0.29, 0.717) is 23.2 Å². The molecule has 3 fully saturated rings. The van der Waals surface area contributed by atoms with Crippen LogP contribution in [0.3, 0.4) is 0 Å². The number of hydrogen-bond acceptors (Lipinski definition) is 5. The zero-order valence-electron chi connectivity index (χ0n) is 21.9. The average molecular weight is 527 g/mol. The van der Waals surface area contributed by atoms with Crippen LogP contribution in [-0.4, -0.2) is 53.7 Å². The highest BCUT2D eigenvalue weighted by molar-refractivity contribution is 5.90. The summed E-state index contributed by atoms with van der Waals surface area (Å²) >= 11 is 0. The number of nitrogens with two attached hydrogens (primary N) is 1. The molecule has 1 spiro atoms. The predicted octanol–water partition coefficient (Wildman–Crippen LogP) is 1.31. The summed E-state index contributed by atoms with van der Waals surface area (Å²) in [6.07, 6.45) is 6.59. The van der Waals surface area contributed by atoms with Crippen molar-refractivity contribution in [1.29, 1.82) is 0 Å². The maximum absolute atomic E-state index is 14.3. The summed E-state index contributed by atoms with van der Waals surface area (Å²) in [6.45, 7) is 6.26. The second kappa shape index (κ2) is 11.1. The van der Waals surface area contributed by atoms with Gasteiger partial charge in [0.2, 0.25) is 0 Å². The molecule has 0 saturated carbocycles. The van der Waals surface area contributed by atoms with E-state index in [-0.39, 0.29) is 24.4 Å². The second-order valence-corrected chi connectivity index (χ2v) is 11.2. The van der Waals surface area contributed by atoms with Gasteiger partial charge < -0.3 is 32.1 Å². The fraction of sp³-hybridized carbons (Fsp3) is 0.533. The molecule has 0 aliphatic carbocycles. The first-order valence-electron chi connectivity index (χ1n) is 13.5. The number of quaternary nitrogens is 1. The van der Waals surface area contributed by atoms with Gasteiger partial charge in [-0.1, -0.05) is 74.5 Å². The van der Waals surface area contributed by atoms with E-state index in [1.807, 2.05) is 74.5 Å². The number of carbonyl (C=O) groups is 2. The van der Waals surface area contributed by atoms with Gasteiger partial charge in [0.25, 0.3) is 5.60 Å². The van der Waals surface area contributed by atoms with Gasteiger partial charge in [-0.05, 0) is 5.92 Å². The molecule has 2 aromatic carbocycles. The normalized spacial score (nSPS) is 24.9. The van der Waals surface area contributed by atoms with Gasteiger partial charge in [0.15, 0.2) is 0 Å². The van der Waals surface area contributed by atoms with E-state index in [2.05, 4.69) is 0 Å². The lowest BCUT2D eigenvalue weighted by Gasteiger charge is -2.47. The molecule has 6 nitrogen and oxygen atoms in total. The Morgan fingerprint density at radius 1 is 0.892 bits per heavy atom. The SMILES string of the molecule is CC(C)[C@H](N)C(=O)OC(C(=O)OC1CC2CCC(C1)[N+]21CCCC1)(c1ccccc1)c1ccccc1.[Cl-]. The molecular weight excluding hydrogens is 488 g/mol. The minimum absolute atomic E-state index is 0. The van der Waals surface area contributed by atoms with E-state index in [9.17, 15) is 9.59 Å². The summed E-state index contributed by atoms with van der Waals surface area (Å²) < 4.78 is 13.7. The van der Waals surface area contributed by atoms with Crippen LogP contribution >= 0.6 is 0 Å². The van der Waals surface area contributed by atoms with Crippen molar-refractivity contribution in [3.63, 3.8) is 0 Å². The minimum Gasteiger partial charge on any atom is -1.00 e. The summed E-state index contributed by atoms with van der Waals surface area (Å²) in [5, 5.41) is 0. The van der Waals surface area contributed by atoms with Crippen molar-refractivity contribution in [3.05, 3.63) is 71.8 Å². The maximum atomic E-state index is 14.3. The first kappa shape index (κ1) is 27.6. The van der Waals surface area contributed by atoms with Crippen LogP contribution in [0.5, 0.6) is 0 Å². The molecule has 0 radical (unpaired) electrons. The third-order valence-corrected chi connectivity index (χ3v) is 8.92. The van der Waals surface area contributed by atoms with E-state index in [0.717, 1.165) is 12.8 Å². The minimum atomic E-state index is -1.72. The number of rotatable bonds is 7. The van der Waals surface area contributed by atoms with Crippen LogP contribution in [0.4, 0.5) is 0 Å². The third-order valence-electron chi connectivity index (χ3n) is 8.92. The van der Waals surface area contributed by atoms with Crippen molar-refractivity contribution in [3.8, 4) is 0 Å². The first-order valence-corrected chi connectivity index (χ1v) is 13.5. The molecule has 0 aromatic heterocycles. The molecule has 0 amide bonds. The van der Waals surface area contributed by atoms with Gasteiger partial charge in [-0.2, -0.15) is 0 Å². The number of esters is 2. The molecule has 37 heavy (non-hydrogen) atoms. The third kappa shape index (κ3) is 4.91. The molecule has 3 atom stereocenters. The zero-order valence-corrected chi connectivity index (χ0v) is 22.6. The Kier molecular flexibility index (Phi) is 8.32. The van der Waals surface area contributed by atoms with Crippen molar-refractivity contribution in [2.45, 2.75) is 82.2 Å². The van der Waals surface area contributed by atoms with E-state index < -0.39 is 23.6 Å². The number of halogens is 1. The number of carbonyl (C=O) groups excluding carboxylic acids is 2. The van der Waals surface area contributed by atoms with Gasteiger partial charge in [0.1, 0.15) is 12.1 Å². The lowest BCUT2D eigenvalue weighted by atomic mass is 9.85. The van der Waals surface area contributed by atoms with Gasteiger partial charge in [0, 0.05) is 49.7 Å². The quantitative estimate of drug-likeness (QED) is 0.435. The fourth-order valence-corrected chi connectivity index (χ4v) is 6.94. The Morgan fingerprint density at radius 3 is 1.84 bits per heavy atom. The van der Waals surface area contributed by atoms with Crippen molar-refractivity contribution < 1.29 is 36.0 Å². The molecular formula is C30H39ClN2O4. The van der Waals surface area contributed by atoms with Crippen LogP contribution in [0, 0.1) is 5.92 Å². The van der Waals surface area contributed by atoms with Gasteiger partial charge in [0.05, 0.1) is 25.2 Å². The molecule has 3 heterocycles. The number of piperidine rings is 1. The van der Waals surface area contributed by atoms with E-state index in [1.165, 1.54) is 43.3 Å². The summed E-state index contributed by atoms with van der Waals surface area (Å²) in [5.41, 5.74) is 5.60. The highest BCUT2D eigenvalue weighted by Gasteiger charge is 2.57. The number of hydrogen-bond donors (Lipinski definition) is 1. The van der Waals surface area contributed by atoms with Gasteiger partial charge in [-0.25, -0.2) is 4.79 Å². The Hall–Kier alpha value is -2.41. The van der Waals surface area contributed by atoms with Gasteiger partial charge in [-0.15, -0.1) is 0 Å². The van der Waals surface area contributed by atoms with Crippen molar-refractivity contribution in [1.82, 2.24) is 0 Å². The molecule has 7 heteroatoms. The zero-order chi connectivity index (χ0) is 25.3. The van der Waals surface area contributed by atoms with Crippen LogP contribution in [0.2, 0.25) is 0 Å². The predicted molar refractivity (Wildman–Crippen MR) is 138 cm³/mol. The van der Waals surface area contributed by atoms with Crippen LogP contribution in [-0.2, 0) is 24.7 Å². The van der Waals surface area contributed by atoms with Crippen molar-refractivity contribution in [2.75, 3.05) is 13.1 Å². The van der Waals surface area contributed by atoms with E-state index >= 15 is 0 Å². The van der Waals surface area contributed by atoms with Crippen molar-refractivity contribution in [2.24, 2.45) is 11.7 Å². The monoisotopic (exact) mass is 526 g/mol. The maximum Gasteiger partial charge on any atom is 0.360 e. The van der Waals surface area contributed by atoms with E-state index in [1.54, 1.807) is 0 Å². The van der Waals surface area contributed by atoms with Crippen molar-refractivity contribution >= 4 is 11.9 Å². The number of benzene rings is 2. The first-order chi connectivity index (χ1) is 17.4. The highest BCUT2D eigenvalue weighted by Crippen LogP contribution is 2.47. The Morgan fingerprint density at radius 2 is 1.38 bits per heavy atom. The summed E-state index contributed by atoms with van der Waals surface area (Å²) in [7, 11) is 0. The van der Waals surface area contributed by atoms with Gasteiger partial charge >= 0.3 is 11.9 Å². The molecule has 3 saturated heterocycles. The molecule has 200 valence electrons. The molecule has 2 aromatic rings. The Labute approximate surface area is 226 Å². The molecule has 3 aliphatic heterocycles. The molecule has 5 rings (SSSR count). The van der Waals surface area contributed by atoms with E-state index in [4.69, 9.17) is 15.2 Å². The lowest BCUT2D eigenvalue weighted by Crippen LogP contribution is -3.00. The number of nitrogens with zero attached hydrogens (tertiary/aromatic N) is 1. The highest BCUT2D eigenvalue weighted by atomic mass is 35.5. The second-order valence-electron chi connectivity index (χ2n) is 11.2. The lowest BCUT2D eigenvalue weighted by molar-refractivity contribution is -0.956. The Bertz CT molecular complexity index is 1020. The Balaban J connectivity index is 0.00000320. The topological polar surface area (TPSA) is 78.6 Å². The summed E-state index contributed by atoms with van der Waals surface area (Å²) in [6, 6.07) is 18.7. The van der Waals surface area contributed by atoms with Crippen LogP contribution in [0.1, 0.15) is 63.5 Å². The standard InChI is InChI=1S/C30H39N2O4.ClH/c1-21(2)27(31)28(33)36-30(22-11-5-3-6-12-22,23-13-7-4-8-14-23)29(34)35-26-19-24-15-16-25(20-26)32(24)17-9-10-18-32;/h3-8,11-14,21,24-27H,9-10,15-20,31H2,1-2H3;1H/q+1;/p-1/t24?,25?,26?,27-;/m0./s1. The smallest absolute Gasteiger partial charge is 0.360 e.